The number of fused-ring (bicyclic) bond motifs is 1. The number of urea groups is 1. The Labute approximate surface area is 184 Å². The summed E-state index contributed by atoms with van der Waals surface area (Å²) in [7, 11) is 1.80. The summed E-state index contributed by atoms with van der Waals surface area (Å²) < 4.78 is 25.8. The van der Waals surface area contributed by atoms with Crippen molar-refractivity contribution < 1.29 is 13.6 Å². The van der Waals surface area contributed by atoms with Crippen LogP contribution in [0.1, 0.15) is 28.8 Å². The van der Waals surface area contributed by atoms with E-state index in [9.17, 15) is 13.6 Å². The molecule has 0 atom stereocenters. The lowest BCUT2D eigenvalue weighted by atomic mass is 10.0. The van der Waals surface area contributed by atoms with Crippen molar-refractivity contribution in [3.63, 3.8) is 0 Å². The van der Waals surface area contributed by atoms with E-state index in [0.717, 1.165) is 35.5 Å². The highest BCUT2D eigenvalue weighted by Gasteiger charge is 2.20. The molecule has 4 rings (SSSR count). The Bertz CT molecular complexity index is 1140. The van der Waals surface area contributed by atoms with Gasteiger partial charge < -0.3 is 20.9 Å². The Kier molecular flexibility index (Phi) is 6.16. The predicted octanol–water partition coefficient (Wildman–Crippen LogP) is 4.97. The molecule has 0 unspecified atom stereocenters. The van der Waals surface area contributed by atoms with E-state index in [1.54, 1.807) is 13.1 Å². The molecule has 2 amide bonds. The van der Waals surface area contributed by atoms with Gasteiger partial charge in [-0.15, -0.1) is 0 Å². The number of alkyl halides is 2. The van der Waals surface area contributed by atoms with Gasteiger partial charge in [0, 0.05) is 60.9 Å². The van der Waals surface area contributed by atoms with Gasteiger partial charge in [-0.25, -0.2) is 23.5 Å². The number of halogens is 2. The second-order valence-corrected chi connectivity index (χ2v) is 7.59. The summed E-state index contributed by atoms with van der Waals surface area (Å²) in [5, 5.41) is 8.35. The normalized spacial score (nSPS) is 13.0. The first-order valence-electron chi connectivity index (χ1n) is 10.3. The minimum atomic E-state index is -2.59. The Morgan fingerprint density at radius 3 is 2.66 bits per heavy atom. The van der Waals surface area contributed by atoms with E-state index in [4.69, 9.17) is 0 Å². The number of carbonyl (C=O) groups excluding carboxylic acids is 1. The fraction of sp³-hybridized carbons (Fsp3) is 0.261. The second kappa shape index (κ2) is 9.17. The molecule has 7 nitrogen and oxygen atoms in total. The van der Waals surface area contributed by atoms with Crippen molar-refractivity contribution in [1.82, 2.24) is 9.97 Å². The molecule has 1 aliphatic heterocycles. The van der Waals surface area contributed by atoms with Crippen LogP contribution in [0.4, 0.5) is 36.6 Å². The lowest BCUT2D eigenvalue weighted by Gasteiger charge is -2.31. The van der Waals surface area contributed by atoms with Gasteiger partial charge in [0.1, 0.15) is 0 Å². The van der Waals surface area contributed by atoms with Gasteiger partial charge in [0.25, 0.3) is 6.43 Å². The van der Waals surface area contributed by atoms with Gasteiger partial charge in [-0.2, -0.15) is 0 Å². The molecule has 0 radical (unpaired) electrons. The molecule has 166 valence electrons. The van der Waals surface area contributed by atoms with Gasteiger partial charge in [-0.1, -0.05) is 18.2 Å². The number of carbonyl (C=O) groups is 1. The number of nitrogens with zero attached hydrogens (tertiary/aromatic N) is 3. The number of rotatable bonds is 5. The van der Waals surface area contributed by atoms with Crippen LogP contribution in [0.15, 0.2) is 48.7 Å². The maximum absolute atomic E-state index is 12.9. The lowest BCUT2D eigenvalue weighted by molar-refractivity contribution is 0.151. The van der Waals surface area contributed by atoms with Crippen LogP contribution in [0.3, 0.4) is 0 Å². The van der Waals surface area contributed by atoms with E-state index in [-0.39, 0.29) is 5.56 Å². The van der Waals surface area contributed by atoms with Gasteiger partial charge in [0.05, 0.1) is 5.69 Å². The number of nitrogens with one attached hydrogen (secondary N) is 3. The highest BCUT2D eigenvalue weighted by Crippen LogP contribution is 2.29. The summed E-state index contributed by atoms with van der Waals surface area (Å²) in [6.45, 7) is 3.49. The van der Waals surface area contributed by atoms with E-state index in [1.165, 1.54) is 18.2 Å². The summed E-state index contributed by atoms with van der Waals surface area (Å²) >= 11 is 0. The van der Waals surface area contributed by atoms with Crippen molar-refractivity contribution in [2.45, 2.75) is 26.3 Å². The first kappa shape index (κ1) is 21.5. The molecule has 1 aromatic heterocycles. The average molecular weight is 438 g/mol. The minimum Gasteiger partial charge on any atom is -0.366 e. The summed E-state index contributed by atoms with van der Waals surface area (Å²) in [5.74, 6) is 0.615. The van der Waals surface area contributed by atoms with Crippen molar-refractivity contribution in [2.24, 2.45) is 0 Å². The Balaban J connectivity index is 1.47. The fourth-order valence-corrected chi connectivity index (χ4v) is 3.72. The maximum Gasteiger partial charge on any atom is 0.323 e. The van der Waals surface area contributed by atoms with E-state index in [0.29, 0.717) is 23.9 Å². The molecule has 3 N–H and O–H groups in total. The van der Waals surface area contributed by atoms with E-state index < -0.39 is 12.5 Å². The van der Waals surface area contributed by atoms with Crippen LogP contribution in [-0.2, 0) is 13.0 Å². The molecular weight excluding hydrogens is 414 g/mol. The molecule has 0 spiro atoms. The molecule has 32 heavy (non-hydrogen) atoms. The maximum atomic E-state index is 12.9. The monoisotopic (exact) mass is 438 g/mol. The number of aromatic nitrogens is 2. The van der Waals surface area contributed by atoms with Crippen LogP contribution in [0, 0.1) is 6.92 Å². The predicted molar refractivity (Wildman–Crippen MR) is 122 cm³/mol. The molecule has 9 heteroatoms. The van der Waals surface area contributed by atoms with Crippen LogP contribution in [-0.4, -0.2) is 29.6 Å². The zero-order valence-corrected chi connectivity index (χ0v) is 17.8. The Morgan fingerprint density at radius 1 is 1.12 bits per heavy atom. The number of hydrogen-bond acceptors (Lipinski definition) is 5. The van der Waals surface area contributed by atoms with Crippen LogP contribution in [0.25, 0.3) is 0 Å². The first-order chi connectivity index (χ1) is 15.4. The quantitative estimate of drug-likeness (QED) is 0.524. The lowest BCUT2D eigenvalue weighted by Crippen LogP contribution is -2.32. The molecule has 0 saturated carbocycles. The van der Waals surface area contributed by atoms with Crippen LogP contribution in [0.2, 0.25) is 0 Å². The molecule has 0 bridgehead atoms. The highest BCUT2D eigenvalue weighted by atomic mass is 19.3. The van der Waals surface area contributed by atoms with Crippen molar-refractivity contribution in [3.8, 4) is 0 Å². The van der Waals surface area contributed by atoms with Crippen LogP contribution < -0.4 is 20.9 Å². The van der Waals surface area contributed by atoms with E-state index in [1.807, 2.05) is 31.3 Å². The van der Waals surface area contributed by atoms with Gasteiger partial charge in [-0.05, 0) is 36.8 Å². The summed E-state index contributed by atoms with van der Waals surface area (Å²) in [4.78, 5) is 23.5. The summed E-state index contributed by atoms with van der Waals surface area (Å²) in [5.41, 5.74) is 4.98. The topological polar surface area (TPSA) is 82.2 Å². The van der Waals surface area contributed by atoms with Crippen LogP contribution >= 0.6 is 0 Å². The van der Waals surface area contributed by atoms with Crippen molar-refractivity contribution in [3.05, 3.63) is 71.0 Å². The summed E-state index contributed by atoms with van der Waals surface area (Å²) in [6.07, 6.45) is 0.0490. The van der Waals surface area contributed by atoms with E-state index in [2.05, 4.69) is 30.8 Å². The largest absolute Gasteiger partial charge is 0.366 e. The SMILES string of the molecule is CNc1ncc2c(n1)CCN(c1cc(NC(=O)Nc3cccc(C(F)F)c3)ccc1C)C2. The van der Waals surface area contributed by atoms with Gasteiger partial charge in [-0.3, -0.25) is 0 Å². The molecule has 0 saturated heterocycles. The highest BCUT2D eigenvalue weighted by molar-refractivity contribution is 6.00. The number of aryl methyl sites for hydroxylation is 1. The Hall–Kier alpha value is -3.75. The fourth-order valence-electron chi connectivity index (χ4n) is 3.72. The second-order valence-electron chi connectivity index (χ2n) is 7.59. The third-order valence-electron chi connectivity index (χ3n) is 5.36. The first-order valence-corrected chi connectivity index (χ1v) is 10.3. The zero-order chi connectivity index (χ0) is 22.7. The van der Waals surface area contributed by atoms with Gasteiger partial charge in [0.2, 0.25) is 5.95 Å². The number of anilines is 4. The summed E-state index contributed by atoms with van der Waals surface area (Å²) in [6, 6.07) is 10.8. The van der Waals surface area contributed by atoms with Crippen molar-refractivity contribution in [1.29, 1.82) is 0 Å². The molecule has 2 heterocycles. The van der Waals surface area contributed by atoms with E-state index >= 15 is 0 Å². The zero-order valence-electron chi connectivity index (χ0n) is 17.8. The molecule has 0 fully saturated rings. The van der Waals surface area contributed by atoms with Crippen molar-refractivity contribution in [2.75, 3.05) is 34.4 Å². The number of amides is 2. The van der Waals surface area contributed by atoms with Gasteiger partial charge in [0.15, 0.2) is 0 Å². The van der Waals surface area contributed by atoms with Gasteiger partial charge >= 0.3 is 6.03 Å². The third-order valence-corrected chi connectivity index (χ3v) is 5.36. The molecule has 1 aliphatic rings. The third kappa shape index (κ3) is 4.77. The minimum absolute atomic E-state index is 0.142. The Morgan fingerprint density at radius 2 is 1.91 bits per heavy atom. The molecule has 2 aromatic carbocycles. The number of benzene rings is 2. The van der Waals surface area contributed by atoms with Crippen LogP contribution in [0.5, 0.6) is 0 Å². The van der Waals surface area contributed by atoms with Crippen molar-refractivity contribution >= 4 is 29.0 Å². The molecule has 3 aromatic rings. The molecule has 0 aliphatic carbocycles. The number of hydrogen-bond donors (Lipinski definition) is 3. The average Bonchev–Trinajstić information content (AvgIpc) is 2.79. The smallest absolute Gasteiger partial charge is 0.323 e. The molecular formula is C23H24F2N6O. The standard InChI is InChI=1S/C23H24F2N6O/c1-14-6-7-18(29-23(32)28-17-5-3-4-15(10-17)21(24)25)11-20(14)31-9-8-19-16(13-31)12-27-22(26-2)30-19/h3-7,10-12,21H,8-9,13H2,1-2H3,(H,26,27,30)(H2,28,29,32).